The van der Waals surface area contributed by atoms with Gasteiger partial charge < -0.3 is 18.6 Å². The molecule has 0 amide bonds. The Labute approximate surface area is 130 Å². The average molecular weight is 334 g/mol. The number of hydrogen-bond acceptors (Lipinski definition) is 6. The van der Waals surface area contributed by atoms with Gasteiger partial charge in [0.05, 0.1) is 13.2 Å². The highest BCUT2D eigenvalue weighted by molar-refractivity contribution is 6.69. The highest BCUT2D eigenvalue weighted by Crippen LogP contribution is 2.33. The quantitative estimate of drug-likeness (QED) is 0.422. The zero-order valence-corrected chi connectivity index (χ0v) is 14.6. The molecule has 1 unspecified atom stereocenters. The summed E-state index contributed by atoms with van der Waals surface area (Å²) in [6, 6.07) is 0. The van der Waals surface area contributed by atoms with E-state index in [0.717, 1.165) is 6.08 Å². The summed E-state index contributed by atoms with van der Waals surface area (Å²) in [7, 11) is -2.17. The van der Waals surface area contributed by atoms with Crippen LogP contribution < -0.4 is 0 Å². The lowest BCUT2D eigenvalue weighted by Crippen LogP contribution is -2.56. The molecule has 1 atom stereocenters. The van der Waals surface area contributed by atoms with Crippen molar-refractivity contribution < 1.29 is 32.6 Å². The summed E-state index contributed by atoms with van der Waals surface area (Å²) >= 11 is 0. The molecule has 0 aromatic rings. The number of halogens is 1. The fraction of sp³-hybridized carbons (Fsp3) is 0.714. The van der Waals surface area contributed by atoms with Gasteiger partial charge in [0.1, 0.15) is 0 Å². The maximum atomic E-state index is 13.9. The first-order chi connectivity index (χ1) is 10.2. The molecule has 22 heavy (non-hydrogen) atoms. The van der Waals surface area contributed by atoms with Gasteiger partial charge in [-0.3, -0.25) is 0 Å². The molecule has 1 heterocycles. The minimum atomic E-state index is -2.17. The topological polar surface area (TPSA) is 71.1 Å². The molecule has 0 spiro atoms. The third-order valence-electron chi connectivity index (χ3n) is 2.79. The highest BCUT2D eigenvalue weighted by Gasteiger charge is 2.54. The molecule has 0 fully saturated rings. The third kappa shape index (κ3) is 4.37. The average Bonchev–Trinajstić information content (AvgIpc) is 2.40. The van der Waals surface area contributed by atoms with Gasteiger partial charge in [0.15, 0.2) is 14.1 Å². The summed E-state index contributed by atoms with van der Waals surface area (Å²) in [4.78, 5) is 24.4. The van der Waals surface area contributed by atoms with E-state index in [1.807, 2.05) is 19.6 Å². The lowest BCUT2D eigenvalue weighted by molar-refractivity contribution is -0.217. The molecule has 1 aliphatic rings. The van der Waals surface area contributed by atoms with E-state index in [1.165, 1.54) is 0 Å². The van der Waals surface area contributed by atoms with Crippen LogP contribution in [0.5, 0.6) is 0 Å². The van der Waals surface area contributed by atoms with Gasteiger partial charge in [0, 0.05) is 6.42 Å². The molecule has 0 saturated heterocycles. The molecule has 0 aromatic carbocycles. The Morgan fingerprint density at radius 2 is 1.77 bits per heavy atom. The van der Waals surface area contributed by atoms with Gasteiger partial charge >= 0.3 is 11.9 Å². The van der Waals surface area contributed by atoms with Gasteiger partial charge in [0.25, 0.3) is 5.60 Å². The molecule has 126 valence electrons. The molecule has 0 saturated carbocycles. The highest BCUT2D eigenvalue weighted by atomic mass is 28.4. The van der Waals surface area contributed by atoms with Crippen LogP contribution in [0.4, 0.5) is 4.39 Å². The van der Waals surface area contributed by atoms with Gasteiger partial charge in [-0.25, -0.2) is 14.0 Å². The van der Waals surface area contributed by atoms with Crippen molar-refractivity contribution in [1.29, 1.82) is 0 Å². The molecule has 0 bridgehead atoms. The van der Waals surface area contributed by atoms with Crippen molar-refractivity contribution in [2.75, 3.05) is 13.2 Å². The standard InChI is InChI=1S/C14H23FO6Si/c1-6-18-12(16)14(13(17)19-7-2)9-8-10(15)11(20-14)21-22(3,4)5/h8,11H,6-7,9H2,1-5H3. The fourth-order valence-electron chi connectivity index (χ4n) is 1.87. The van der Waals surface area contributed by atoms with E-state index in [4.69, 9.17) is 18.6 Å². The number of esters is 2. The van der Waals surface area contributed by atoms with E-state index >= 15 is 0 Å². The first-order valence-electron chi connectivity index (χ1n) is 7.22. The smallest absolute Gasteiger partial charge is 0.350 e. The van der Waals surface area contributed by atoms with E-state index in [9.17, 15) is 14.0 Å². The maximum absolute atomic E-state index is 13.9. The second-order valence-electron chi connectivity index (χ2n) is 5.74. The van der Waals surface area contributed by atoms with Crippen LogP contribution in [0.3, 0.4) is 0 Å². The number of rotatable bonds is 6. The van der Waals surface area contributed by atoms with Gasteiger partial charge in [-0.1, -0.05) is 0 Å². The Bertz CT molecular complexity index is 439. The third-order valence-corrected chi connectivity index (χ3v) is 3.71. The lowest BCUT2D eigenvalue weighted by atomic mass is 9.97. The van der Waals surface area contributed by atoms with Crippen molar-refractivity contribution in [2.45, 2.75) is 51.8 Å². The van der Waals surface area contributed by atoms with Gasteiger partial charge in [-0.05, 0) is 39.6 Å². The molecule has 0 N–H and O–H groups in total. The molecule has 0 aromatic heterocycles. The van der Waals surface area contributed by atoms with Crippen molar-refractivity contribution in [2.24, 2.45) is 0 Å². The van der Waals surface area contributed by atoms with Crippen LogP contribution in [0.1, 0.15) is 20.3 Å². The molecule has 0 radical (unpaired) electrons. The van der Waals surface area contributed by atoms with E-state index < -0.39 is 38.0 Å². The summed E-state index contributed by atoms with van der Waals surface area (Å²) in [6.45, 7) is 8.86. The first-order valence-corrected chi connectivity index (χ1v) is 10.6. The Morgan fingerprint density at radius 1 is 1.27 bits per heavy atom. The molecular weight excluding hydrogens is 311 g/mol. The van der Waals surface area contributed by atoms with Crippen molar-refractivity contribution in [3.8, 4) is 0 Å². The van der Waals surface area contributed by atoms with Crippen LogP contribution in [0, 0.1) is 0 Å². The summed E-state index contributed by atoms with van der Waals surface area (Å²) in [5.41, 5.74) is -2.02. The van der Waals surface area contributed by atoms with Gasteiger partial charge in [-0.15, -0.1) is 0 Å². The molecule has 6 nitrogen and oxygen atoms in total. The van der Waals surface area contributed by atoms with Crippen molar-refractivity contribution in [1.82, 2.24) is 0 Å². The monoisotopic (exact) mass is 334 g/mol. The molecule has 1 aliphatic heterocycles. The van der Waals surface area contributed by atoms with Crippen LogP contribution in [0.15, 0.2) is 11.9 Å². The van der Waals surface area contributed by atoms with Crippen molar-refractivity contribution in [3.05, 3.63) is 11.9 Å². The summed E-state index contributed by atoms with van der Waals surface area (Å²) in [5.74, 6) is -2.46. The van der Waals surface area contributed by atoms with Crippen molar-refractivity contribution in [3.63, 3.8) is 0 Å². The molecule has 0 aliphatic carbocycles. The summed E-state index contributed by atoms with van der Waals surface area (Å²) < 4.78 is 34.7. The van der Waals surface area contributed by atoms with Gasteiger partial charge in [-0.2, -0.15) is 0 Å². The zero-order chi connectivity index (χ0) is 17.0. The zero-order valence-electron chi connectivity index (χ0n) is 13.6. The number of ether oxygens (including phenoxy) is 3. The minimum absolute atomic E-state index is 0.0646. The van der Waals surface area contributed by atoms with Crippen LogP contribution in [-0.2, 0) is 28.2 Å². The number of hydrogen-bond donors (Lipinski definition) is 0. The first kappa shape index (κ1) is 18.8. The fourth-order valence-corrected chi connectivity index (χ4v) is 2.67. The largest absolute Gasteiger partial charge is 0.463 e. The predicted molar refractivity (Wildman–Crippen MR) is 79.1 cm³/mol. The Morgan fingerprint density at radius 3 is 2.18 bits per heavy atom. The predicted octanol–water partition coefficient (Wildman–Crippen LogP) is 2.30. The van der Waals surface area contributed by atoms with Crippen LogP contribution in [0.25, 0.3) is 0 Å². The van der Waals surface area contributed by atoms with Crippen LogP contribution >= 0.6 is 0 Å². The second-order valence-corrected chi connectivity index (χ2v) is 10.2. The number of carbonyl (C=O) groups is 2. The second kappa shape index (κ2) is 7.34. The Hall–Kier alpha value is -1.25. The normalized spacial score (nSPS) is 21.0. The maximum Gasteiger partial charge on any atom is 0.350 e. The van der Waals surface area contributed by atoms with E-state index in [2.05, 4.69) is 0 Å². The van der Waals surface area contributed by atoms with E-state index in [-0.39, 0.29) is 19.6 Å². The summed E-state index contributed by atoms with van der Waals surface area (Å²) in [6.07, 6.45) is -0.585. The van der Waals surface area contributed by atoms with Gasteiger partial charge in [0.2, 0.25) is 6.29 Å². The molecule has 1 rings (SSSR count). The van der Waals surface area contributed by atoms with Crippen LogP contribution in [-0.4, -0.2) is 45.4 Å². The lowest BCUT2D eigenvalue weighted by Gasteiger charge is -2.36. The minimum Gasteiger partial charge on any atom is -0.463 e. The van der Waals surface area contributed by atoms with E-state index in [0.29, 0.717) is 0 Å². The molecular formula is C14H23FO6Si. The number of carbonyl (C=O) groups excluding carboxylic acids is 2. The van der Waals surface area contributed by atoms with Crippen LogP contribution in [0.2, 0.25) is 19.6 Å². The Kier molecular flexibility index (Phi) is 6.27. The SMILES string of the molecule is CCOC(=O)C1(C(=O)OCC)CC=C(F)C(O[Si](C)(C)C)O1. The summed E-state index contributed by atoms with van der Waals surface area (Å²) in [5, 5.41) is 0. The van der Waals surface area contributed by atoms with E-state index in [1.54, 1.807) is 13.8 Å². The van der Waals surface area contributed by atoms with Crippen molar-refractivity contribution >= 4 is 20.3 Å². The molecule has 8 heteroatoms. The Balaban J connectivity index is 3.12.